The Kier molecular flexibility index (Phi) is 3.17. The summed E-state index contributed by atoms with van der Waals surface area (Å²) in [7, 11) is 0. The molecule has 2 aromatic carbocycles. The maximum atomic E-state index is 9.35. The molecule has 19 heavy (non-hydrogen) atoms. The molecule has 0 radical (unpaired) electrons. The van der Waals surface area contributed by atoms with Crippen molar-refractivity contribution in [1.29, 1.82) is 0 Å². The molecule has 0 amide bonds. The van der Waals surface area contributed by atoms with Gasteiger partial charge in [-0.15, -0.1) is 0 Å². The van der Waals surface area contributed by atoms with E-state index in [0.29, 0.717) is 12.4 Å². The van der Waals surface area contributed by atoms with E-state index < -0.39 is 0 Å². The van der Waals surface area contributed by atoms with Crippen LogP contribution >= 0.6 is 15.9 Å². The monoisotopic (exact) mass is 318 g/mol. The second-order valence-electron chi connectivity index (χ2n) is 4.15. The van der Waals surface area contributed by atoms with E-state index >= 15 is 0 Å². The quantitative estimate of drug-likeness (QED) is 0.774. The van der Waals surface area contributed by atoms with Gasteiger partial charge in [0, 0.05) is 15.9 Å². The Balaban J connectivity index is 1.80. The minimum Gasteiger partial charge on any atom is -0.508 e. The van der Waals surface area contributed by atoms with Crippen molar-refractivity contribution in [3.63, 3.8) is 0 Å². The molecular weight excluding hydrogens is 308 g/mol. The van der Waals surface area contributed by atoms with Gasteiger partial charge in [0.2, 0.25) is 0 Å². The fraction of sp³-hybridized carbons (Fsp3) is 0.0667. The zero-order valence-electron chi connectivity index (χ0n) is 9.97. The number of phenolic OH excluding ortho intramolecular Hbond substituents is 1. The van der Waals surface area contributed by atoms with Crippen LogP contribution in [0.3, 0.4) is 0 Å². The molecule has 0 aliphatic heterocycles. The van der Waals surface area contributed by atoms with Crippen LogP contribution in [0.5, 0.6) is 11.5 Å². The van der Waals surface area contributed by atoms with Crippen molar-refractivity contribution in [3.8, 4) is 11.5 Å². The van der Waals surface area contributed by atoms with Gasteiger partial charge < -0.3 is 14.3 Å². The summed E-state index contributed by atoms with van der Waals surface area (Å²) < 4.78 is 12.3. The summed E-state index contributed by atoms with van der Waals surface area (Å²) in [6, 6.07) is 14.5. The topological polar surface area (TPSA) is 42.6 Å². The molecule has 0 spiro atoms. The lowest BCUT2D eigenvalue weighted by Crippen LogP contribution is -1.92. The predicted octanol–water partition coefficient (Wildman–Crippen LogP) is 4.48. The van der Waals surface area contributed by atoms with Gasteiger partial charge >= 0.3 is 0 Å². The van der Waals surface area contributed by atoms with Gasteiger partial charge in [0.1, 0.15) is 29.4 Å². The largest absolute Gasteiger partial charge is 0.508 e. The first-order valence-corrected chi connectivity index (χ1v) is 6.60. The summed E-state index contributed by atoms with van der Waals surface area (Å²) in [5.74, 6) is 1.54. The van der Waals surface area contributed by atoms with Crippen molar-refractivity contribution in [2.24, 2.45) is 0 Å². The molecule has 1 aromatic heterocycles. The number of hydrogen-bond acceptors (Lipinski definition) is 3. The van der Waals surface area contributed by atoms with Crippen LogP contribution < -0.4 is 4.74 Å². The van der Waals surface area contributed by atoms with Crippen LogP contribution in [0.15, 0.2) is 57.4 Å². The number of rotatable bonds is 3. The third-order valence-corrected chi connectivity index (χ3v) is 3.45. The molecule has 1 N–H and O–H groups in total. The number of phenols is 1. The van der Waals surface area contributed by atoms with E-state index in [1.54, 1.807) is 24.3 Å². The lowest BCUT2D eigenvalue weighted by molar-refractivity contribution is 0.273. The molecule has 0 aliphatic rings. The normalized spacial score (nSPS) is 10.8. The molecule has 3 rings (SSSR count). The van der Waals surface area contributed by atoms with Crippen LogP contribution in [0, 0.1) is 0 Å². The lowest BCUT2D eigenvalue weighted by Gasteiger charge is -2.03. The second-order valence-corrected chi connectivity index (χ2v) is 5.00. The van der Waals surface area contributed by atoms with E-state index in [0.717, 1.165) is 21.2 Å². The zero-order chi connectivity index (χ0) is 13.2. The Morgan fingerprint density at radius 1 is 1.11 bits per heavy atom. The summed E-state index contributed by atoms with van der Waals surface area (Å²) in [5, 5.41) is 10.4. The number of fused-ring (bicyclic) bond motifs is 1. The summed E-state index contributed by atoms with van der Waals surface area (Å²) >= 11 is 3.48. The van der Waals surface area contributed by atoms with Crippen molar-refractivity contribution in [1.82, 2.24) is 0 Å². The van der Waals surface area contributed by atoms with E-state index in [-0.39, 0.29) is 5.75 Å². The third-order valence-electron chi connectivity index (χ3n) is 2.76. The Hall–Kier alpha value is -1.94. The van der Waals surface area contributed by atoms with E-state index in [9.17, 15) is 5.11 Å². The zero-order valence-corrected chi connectivity index (χ0v) is 11.6. The molecule has 0 fully saturated rings. The minimum atomic E-state index is 0.185. The van der Waals surface area contributed by atoms with Gasteiger partial charge in [-0.25, -0.2) is 0 Å². The molecule has 96 valence electrons. The maximum absolute atomic E-state index is 9.35. The molecule has 4 heteroatoms. The highest BCUT2D eigenvalue weighted by atomic mass is 79.9. The first kappa shape index (κ1) is 12.1. The molecule has 0 aliphatic carbocycles. The minimum absolute atomic E-state index is 0.185. The van der Waals surface area contributed by atoms with Crippen molar-refractivity contribution in [2.75, 3.05) is 0 Å². The average molecular weight is 319 g/mol. The van der Waals surface area contributed by atoms with Gasteiger partial charge in [-0.2, -0.15) is 0 Å². The summed E-state index contributed by atoms with van der Waals surface area (Å²) in [6.07, 6.45) is 0. The molecule has 1 heterocycles. The van der Waals surface area contributed by atoms with Gasteiger partial charge in [-0.1, -0.05) is 28.1 Å². The Labute approximate surface area is 118 Å². The predicted molar refractivity (Wildman–Crippen MR) is 76.4 cm³/mol. The van der Waals surface area contributed by atoms with Gasteiger partial charge in [0.15, 0.2) is 0 Å². The summed E-state index contributed by atoms with van der Waals surface area (Å²) in [4.78, 5) is 0. The average Bonchev–Trinajstić information content (AvgIpc) is 2.81. The van der Waals surface area contributed by atoms with Gasteiger partial charge in [-0.3, -0.25) is 0 Å². The smallest absolute Gasteiger partial charge is 0.146 e. The molecular formula is C15H11BrO3. The van der Waals surface area contributed by atoms with E-state index in [4.69, 9.17) is 9.15 Å². The van der Waals surface area contributed by atoms with Crippen LogP contribution in [0.4, 0.5) is 0 Å². The van der Waals surface area contributed by atoms with E-state index in [1.807, 2.05) is 24.3 Å². The lowest BCUT2D eigenvalue weighted by atomic mass is 10.2. The Morgan fingerprint density at radius 3 is 2.74 bits per heavy atom. The Morgan fingerprint density at radius 2 is 1.95 bits per heavy atom. The number of aromatic hydroxyl groups is 1. The molecule has 0 unspecified atom stereocenters. The molecule has 0 saturated heterocycles. The summed E-state index contributed by atoms with van der Waals surface area (Å²) in [5.41, 5.74) is 0.823. The second kappa shape index (κ2) is 4.97. The molecule has 0 saturated carbocycles. The third kappa shape index (κ3) is 2.58. The standard InChI is InChI=1S/C15H11BrO3/c16-14-5-2-6-15-13(14)8-12(19-15)9-18-11-4-1-3-10(17)7-11/h1-8,17H,9H2. The van der Waals surface area contributed by atoms with Crippen LogP contribution in [-0.4, -0.2) is 5.11 Å². The fourth-order valence-corrected chi connectivity index (χ4v) is 2.34. The molecule has 3 nitrogen and oxygen atoms in total. The fourth-order valence-electron chi connectivity index (χ4n) is 1.88. The van der Waals surface area contributed by atoms with Gasteiger partial charge in [0.25, 0.3) is 0 Å². The number of furan rings is 1. The van der Waals surface area contributed by atoms with Crippen molar-refractivity contribution >= 4 is 26.9 Å². The SMILES string of the molecule is Oc1cccc(OCc2cc3c(Br)cccc3o2)c1. The molecule has 3 aromatic rings. The van der Waals surface area contributed by atoms with Crippen molar-refractivity contribution in [2.45, 2.75) is 6.61 Å². The van der Waals surface area contributed by atoms with Crippen molar-refractivity contribution in [3.05, 3.63) is 58.8 Å². The highest BCUT2D eigenvalue weighted by molar-refractivity contribution is 9.10. The van der Waals surface area contributed by atoms with Crippen LogP contribution in [-0.2, 0) is 6.61 Å². The number of benzene rings is 2. The first-order chi connectivity index (χ1) is 9.22. The number of halogens is 1. The van der Waals surface area contributed by atoms with Crippen LogP contribution in [0.2, 0.25) is 0 Å². The van der Waals surface area contributed by atoms with Gasteiger partial charge in [-0.05, 0) is 30.3 Å². The molecule has 0 bridgehead atoms. The Bertz CT molecular complexity index is 718. The molecule has 0 atom stereocenters. The van der Waals surface area contributed by atoms with Crippen LogP contribution in [0.1, 0.15) is 5.76 Å². The number of hydrogen-bond donors (Lipinski definition) is 1. The highest BCUT2D eigenvalue weighted by Crippen LogP contribution is 2.27. The van der Waals surface area contributed by atoms with Gasteiger partial charge in [0.05, 0.1) is 0 Å². The highest BCUT2D eigenvalue weighted by Gasteiger charge is 2.07. The van der Waals surface area contributed by atoms with Crippen molar-refractivity contribution < 1.29 is 14.3 Å². The summed E-state index contributed by atoms with van der Waals surface area (Å²) in [6.45, 7) is 0.324. The maximum Gasteiger partial charge on any atom is 0.146 e. The van der Waals surface area contributed by atoms with Crippen LogP contribution in [0.25, 0.3) is 11.0 Å². The van der Waals surface area contributed by atoms with E-state index in [2.05, 4.69) is 15.9 Å². The van der Waals surface area contributed by atoms with E-state index in [1.165, 1.54) is 0 Å². The number of ether oxygens (including phenoxy) is 1. The first-order valence-electron chi connectivity index (χ1n) is 5.81.